The average molecular weight is 384 g/mol. The number of phenols is 1. The molecule has 3 aromatic rings. The minimum absolute atomic E-state index is 0.00451. The molecule has 0 aliphatic rings. The van der Waals surface area contributed by atoms with Gasteiger partial charge >= 0.3 is 0 Å². The summed E-state index contributed by atoms with van der Waals surface area (Å²) in [5.41, 5.74) is 7.88. The Morgan fingerprint density at radius 3 is 2.33 bits per heavy atom. The fraction of sp³-hybridized carbons (Fsp3) is 0.111. The topological polar surface area (TPSA) is 133 Å². The summed E-state index contributed by atoms with van der Waals surface area (Å²) in [6, 6.07) is 14.0. The van der Waals surface area contributed by atoms with Gasteiger partial charge in [0.1, 0.15) is 11.6 Å². The van der Waals surface area contributed by atoms with Crippen molar-refractivity contribution in [3.8, 4) is 5.75 Å². The van der Waals surface area contributed by atoms with Crippen LogP contribution in [-0.2, 0) is 6.42 Å². The number of hydrogen-bond acceptors (Lipinski definition) is 7. The van der Waals surface area contributed by atoms with E-state index < -0.39 is 0 Å². The van der Waals surface area contributed by atoms with Crippen LogP contribution in [0.1, 0.15) is 11.1 Å². The molecule has 138 valence electrons. The Kier molecular flexibility index (Phi) is 5.68. The first-order valence-corrected chi connectivity index (χ1v) is 8.52. The molecule has 0 amide bonds. The van der Waals surface area contributed by atoms with Crippen molar-refractivity contribution in [1.82, 2.24) is 15.0 Å². The summed E-state index contributed by atoms with van der Waals surface area (Å²) < 4.78 is 0. The van der Waals surface area contributed by atoms with Gasteiger partial charge in [-0.1, -0.05) is 12.1 Å². The molecule has 1 heterocycles. The van der Waals surface area contributed by atoms with Crippen LogP contribution in [0, 0.1) is 5.41 Å². The summed E-state index contributed by atoms with van der Waals surface area (Å²) in [5.74, 6) is 0.905. The molecule has 1 aromatic heterocycles. The monoisotopic (exact) mass is 383 g/mol. The molecule has 9 heteroatoms. The molecular formula is C18H18ClN7O. The Bertz CT molecular complexity index is 929. The van der Waals surface area contributed by atoms with E-state index in [1.165, 1.54) is 0 Å². The molecule has 8 nitrogen and oxygen atoms in total. The molecule has 0 fully saturated rings. The Balaban J connectivity index is 1.63. The number of aromatic hydroxyl groups is 1. The first-order chi connectivity index (χ1) is 13.0. The van der Waals surface area contributed by atoms with Crippen LogP contribution < -0.4 is 16.4 Å². The van der Waals surface area contributed by atoms with Crippen LogP contribution in [0.3, 0.4) is 0 Å². The predicted molar refractivity (Wildman–Crippen MR) is 106 cm³/mol. The molecule has 0 saturated carbocycles. The summed E-state index contributed by atoms with van der Waals surface area (Å²) in [5, 5.41) is 22.9. The number of phenolic OH excluding ortho intramolecular Hbond substituents is 1. The predicted octanol–water partition coefficient (Wildman–Crippen LogP) is 2.91. The van der Waals surface area contributed by atoms with Crippen LogP contribution >= 0.6 is 11.6 Å². The first kappa shape index (κ1) is 18.4. The molecule has 0 atom stereocenters. The SMILES string of the molecule is N=C(N)c1ccc(Nc2nc(Cl)nc(NCCc3ccc(O)cc3)n2)cc1. The van der Waals surface area contributed by atoms with E-state index in [4.69, 9.17) is 22.7 Å². The maximum absolute atomic E-state index is 9.30. The molecule has 0 bridgehead atoms. The molecule has 0 aliphatic carbocycles. The lowest BCUT2D eigenvalue weighted by Gasteiger charge is -2.09. The summed E-state index contributed by atoms with van der Waals surface area (Å²) in [6.07, 6.45) is 0.735. The highest BCUT2D eigenvalue weighted by molar-refractivity contribution is 6.28. The van der Waals surface area contributed by atoms with Crippen molar-refractivity contribution in [2.45, 2.75) is 6.42 Å². The van der Waals surface area contributed by atoms with Crippen molar-refractivity contribution in [3.05, 3.63) is 64.9 Å². The Hall–Kier alpha value is -3.39. The molecule has 3 rings (SSSR count). The summed E-state index contributed by atoms with van der Waals surface area (Å²) >= 11 is 5.98. The van der Waals surface area contributed by atoms with Gasteiger partial charge in [-0.05, 0) is 60.0 Å². The third-order valence-corrected chi connectivity index (χ3v) is 3.86. The zero-order valence-electron chi connectivity index (χ0n) is 14.3. The second-order valence-electron chi connectivity index (χ2n) is 5.71. The number of rotatable bonds is 7. The fourth-order valence-electron chi connectivity index (χ4n) is 2.33. The molecule has 0 spiro atoms. The maximum atomic E-state index is 9.30. The fourth-order valence-corrected chi connectivity index (χ4v) is 2.49. The highest BCUT2D eigenvalue weighted by Gasteiger charge is 2.06. The number of nitrogens with two attached hydrogens (primary N) is 1. The summed E-state index contributed by atoms with van der Waals surface area (Å²) in [7, 11) is 0. The van der Waals surface area contributed by atoms with Crippen LogP contribution in [0.5, 0.6) is 5.75 Å². The van der Waals surface area contributed by atoms with Crippen molar-refractivity contribution in [3.63, 3.8) is 0 Å². The van der Waals surface area contributed by atoms with Gasteiger partial charge in [0.25, 0.3) is 0 Å². The van der Waals surface area contributed by atoms with Crippen molar-refractivity contribution >= 4 is 35.0 Å². The van der Waals surface area contributed by atoms with E-state index in [0.29, 0.717) is 24.0 Å². The number of nitrogens with zero attached hydrogens (tertiary/aromatic N) is 3. The second kappa shape index (κ2) is 8.33. The third-order valence-electron chi connectivity index (χ3n) is 3.69. The minimum Gasteiger partial charge on any atom is -0.508 e. The van der Waals surface area contributed by atoms with Gasteiger partial charge in [-0.2, -0.15) is 15.0 Å². The molecule has 0 radical (unpaired) electrons. The van der Waals surface area contributed by atoms with Gasteiger partial charge in [0.15, 0.2) is 0 Å². The van der Waals surface area contributed by atoms with E-state index in [1.807, 2.05) is 12.1 Å². The maximum Gasteiger partial charge on any atom is 0.233 e. The number of benzene rings is 2. The van der Waals surface area contributed by atoms with Crippen LogP contribution in [0.2, 0.25) is 5.28 Å². The lowest BCUT2D eigenvalue weighted by Crippen LogP contribution is -2.11. The Morgan fingerprint density at radius 1 is 1.00 bits per heavy atom. The molecule has 0 unspecified atom stereocenters. The zero-order chi connectivity index (χ0) is 19.2. The van der Waals surface area contributed by atoms with Crippen molar-refractivity contribution in [2.24, 2.45) is 5.73 Å². The van der Waals surface area contributed by atoms with E-state index in [9.17, 15) is 5.11 Å². The second-order valence-corrected chi connectivity index (χ2v) is 6.05. The number of amidine groups is 1. The third kappa shape index (κ3) is 5.29. The number of nitrogen functional groups attached to an aromatic ring is 1. The smallest absolute Gasteiger partial charge is 0.233 e. The first-order valence-electron chi connectivity index (χ1n) is 8.14. The molecule has 0 aliphatic heterocycles. The number of aromatic nitrogens is 3. The zero-order valence-corrected chi connectivity index (χ0v) is 15.0. The highest BCUT2D eigenvalue weighted by atomic mass is 35.5. The van der Waals surface area contributed by atoms with E-state index in [-0.39, 0.29) is 16.9 Å². The molecule has 27 heavy (non-hydrogen) atoms. The lowest BCUT2D eigenvalue weighted by molar-refractivity contribution is 0.475. The van der Waals surface area contributed by atoms with Gasteiger partial charge in [-0.3, -0.25) is 5.41 Å². The number of nitrogens with one attached hydrogen (secondary N) is 3. The van der Waals surface area contributed by atoms with Crippen LogP contribution in [-0.4, -0.2) is 32.4 Å². The van der Waals surface area contributed by atoms with Gasteiger partial charge in [0.05, 0.1) is 0 Å². The Morgan fingerprint density at radius 2 is 1.67 bits per heavy atom. The van der Waals surface area contributed by atoms with E-state index >= 15 is 0 Å². The average Bonchev–Trinajstić information content (AvgIpc) is 2.63. The van der Waals surface area contributed by atoms with E-state index in [0.717, 1.165) is 17.7 Å². The van der Waals surface area contributed by atoms with Gasteiger partial charge < -0.3 is 21.5 Å². The number of hydrogen-bond donors (Lipinski definition) is 5. The molecular weight excluding hydrogens is 366 g/mol. The number of halogens is 1. The van der Waals surface area contributed by atoms with Gasteiger partial charge in [-0.15, -0.1) is 0 Å². The number of anilines is 3. The van der Waals surface area contributed by atoms with Crippen molar-refractivity contribution < 1.29 is 5.11 Å². The minimum atomic E-state index is 0.00451. The van der Waals surface area contributed by atoms with Crippen molar-refractivity contribution in [2.75, 3.05) is 17.2 Å². The lowest BCUT2D eigenvalue weighted by atomic mass is 10.1. The molecule has 2 aromatic carbocycles. The van der Waals surface area contributed by atoms with Crippen LogP contribution in [0.25, 0.3) is 0 Å². The van der Waals surface area contributed by atoms with E-state index in [2.05, 4.69) is 25.6 Å². The summed E-state index contributed by atoms with van der Waals surface area (Å²) in [4.78, 5) is 12.4. The van der Waals surface area contributed by atoms with E-state index in [1.54, 1.807) is 36.4 Å². The summed E-state index contributed by atoms with van der Waals surface area (Å²) in [6.45, 7) is 0.595. The van der Waals surface area contributed by atoms with Crippen LogP contribution in [0.4, 0.5) is 17.6 Å². The van der Waals surface area contributed by atoms with Gasteiger partial charge in [0, 0.05) is 17.8 Å². The molecule has 0 saturated heterocycles. The molecule has 6 N–H and O–H groups in total. The van der Waals surface area contributed by atoms with Crippen molar-refractivity contribution in [1.29, 1.82) is 5.41 Å². The highest BCUT2D eigenvalue weighted by Crippen LogP contribution is 2.17. The van der Waals surface area contributed by atoms with Gasteiger partial charge in [0.2, 0.25) is 17.2 Å². The van der Waals surface area contributed by atoms with Gasteiger partial charge in [-0.25, -0.2) is 0 Å². The largest absolute Gasteiger partial charge is 0.508 e. The standard InChI is InChI=1S/C18H18ClN7O/c19-16-24-17(22-10-9-11-1-7-14(27)8-2-11)26-18(25-16)23-13-5-3-12(4-6-13)15(20)21/h1-8,27H,9-10H2,(H3,20,21)(H2,22,23,24,25,26). The Labute approximate surface area is 161 Å². The quantitative estimate of drug-likeness (QED) is 0.313. The normalized spacial score (nSPS) is 10.4. The van der Waals surface area contributed by atoms with Crippen LogP contribution in [0.15, 0.2) is 48.5 Å².